The molecule has 5 aromatic rings. The van der Waals surface area contributed by atoms with Gasteiger partial charge in [0.2, 0.25) is 0 Å². The Kier molecular flexibility index (Phi) is 5.53. The van der Waals surface area contributed by atoms with Gasteiger partial charge in [0, 0.05) is 27.6 Å². The number of fused-ring (bicyclic) bond motifs is 3. The smallest absolute Gasteiger partial charge is 0.161 e. The Hall–Kier alpha value is -3.76. The van der Waals surface area contributed by atoms with Gasteiger partial charge in [0.15, 0.2) is 11.5 Å². The SMILES string of the molecule is COc1cc(C=Nc2ccc3oc4ccccc4c3c2)ccc1OCc1ccccc1Cl. The van der Waals surface area contributed by atoms with E-state index in [2.05, 4.69) is 11.1 Å². The van der Waals surface area contributed by atoms with Crippen molar-refractivity contribution in [1.82, 2.24) is 0 Å². The van der Waals surface area contributed by atoms with E-state index in [9.17, 15) is 0 Å². The third-order valence-corrected chi connectivity index (χ3v) is 5.62. The first-order chi connectivity index (χ1) is 15.7. The molecule has 0 unspecified atom stereocenters. The molecule has 5 rings (SSSR count). The molecule has 0 fully saturated rings. The van der Waals surface area contributed by atoms with E-state index < -0.39 is 0 Å². The lowest BCUT2D eigenvalue weighted by Gasteiger charge is -2.12. The fourth-order valence-electron chi connectivity index (χ4n) is 3.60. The molecular formula is C27H20ClNO3. The van der Waals surface area contributed by atoms with Gasteiger partial charge in [-0.1, -0.05) is 48.0 Å². The molecule has 0 atom stereocenters. The second-order valence-electron chi connectivity index (χ2n) is 7.33. The summed E-state index contributed by atoms with van der Waals surface area (Å²) < 4.78 is 17.3. The van der Waals surface area contributed by atoms with Gasteiger partial charge in [-0.2, -0.15) is 0 Å². The Morgan fingerprint density at radius 2 is 1.66 bits per heavy atom. The summed E-state index contributed by atoms with van der Waals surface area (Å²) in [5, 5.41) is 2.81. The predicted octanol–water partition coefficient (Wildman–Crippen LogP) is 7.58. The largest absolute Gasteiger partial charge is 0.493 e. The van der Waals surface area contributed by atoms with Crippen LogP contribution in [0.4, 0.5) is 5.69 Å². The van der Waals surface area contributed by atoms with E-state index in [0.29, 0.717) is 23.1 Å². The van der Waals surface area contributed by atoms with Gasteiger partial charge < -0.3 is 13.9 Å². The summed E-state index contributed by atoms with van der Waals surface area (Å²) >= 11 is 6.22. The second kappa shape index (κ2) is 8.77. The maximum atomic E-state index is 6.22. The van der Waals surface area contributed by atoms with Crippen LogP contribution in [0.1, 0.15) is 11.1 Å². The molecule has 5 heteroatoms. The lowest BCUT2D eigenvalue weighted by Crippen LogP contribution is -1.99. The molecule has 0 saturated carbocycles. The van der Waals surface area contributed by atoms with Crippen LogP contribution < -0.4 is 9.47 Å². The minimum Gasteiger partial charge on any atom is -0.493 e. The summed E-state index contributed by atoms with van der Waals surface area (Å²) in [4.78, 5) is 4.64. The molecule has 0 saturated heterocycles. The molecule has 158 valence electrons. The molecular weight excluding hydrogens is 422 g/mol. The minimum atomic E-state index is 0.363. The van der Waals surface area contributed by atoms with Crippen LogP contribution in [0.25, 0.3) is 21.9 Å². The topological polar surface area (TPSA) is 44.0 Å². The number of hydrogen-bond acceptors (Lipinski definition) is 4. The highest BCUT2D eigenvalue weighted by molar-refractivity contribution is 6.31. The van der Waals surface area contributed by atoms with E-state index in [-0.39, 0.29) is 0 Å². The van der Waals surface area contributed by atoms with Crippen molar-refractivity contribution in [2.75, 3.05) is 7.11 Å². The maximum Gasteiger partial charge on any atom is 0.161 e. The van der Waals surface area contributed by atoms with Gasteiger partial charge in [0.05, 0.1) is 12.8 Å². The standard InChI is InChI=1S/C27H20ClNO3/c1-30-27-14-18(10-12-26(27)31-17-19-6-2-4-8-23(19)28)16-29-20-11-13-25-22(15-20)21-7-3-5-9-24(21)32-25/h2-16H,17H2,1H3. The van der Waals surface area contributed by atoms with Gasteiger partial charge in [-0.25, -0.2) is 0 Å². The van der Waals surface area contributed by atoms with Crippen LogP contribution in [-0.4, -0.2) is 13.3 Å². The number of ether oxygens (including phenoxy) is 2. The highest BCUT2D eigenvalue weighted by atomic mass is 35.5. The number of halogens is 1. The Morgan fingerprint density at radius 1 is 0.844 bits per heavy atom. The third-order valence-electron chi connectivity index (χ3n) is 5.25. The van der Waals surface area contributed by atoms with Crippen LogP contribution in [0.2, 0.25) is 5.02 Å². The maximum absolute atomic E-state index is 6.22. The van der Waals surface area contributed by atoms with Crippen LogP contribution in [0.15, 0.2) is 94.3 Å². The van der Waals surface area contributed by atoms with Crippen molar-refractivity contribution in [3.8, 4) is 11.5 Å². The van der Waals surface area contributed by atoms with Crippen molar-refractivity contribution in [1.29, 1.82) is 0 Å². The average molecular weight is 442 g/mol. The summed E-state index contributed by atoms with van der Waals surface area (Å²) in [5.41, 5.74) is 4.41. The summed E-state index contributed by atoms with van der Waals surface area (Å²) in [6.45, 7) is 0.363. The highest BCUT2D eigenvalue weighted by Gasteiger charge is 2.08. The number of para-hydroxylation sites is 1. The minimum absolute atomic E-state index is 0.363. The zero-order chi connectivity index (χ0) is 21.9. The molecule has 0 aliphatic carbocycles. The summed E-state index contributed by atoms with van der Waals surface area (Å²) in [6, 6.07) is 27.3. The van der Waals surface area contributed by atoms with Crippen molar-refractivity contribution in [3.05, 3.63) is 101 Å². The van der Waals surface area contributed by atoms with Gasteiger partial charge in [-0.3, -0.25) is 4.99 Å². The van der Waals surface area contributed by atoms with Crippen molar-refractivity contribution in [2.45, 2.75) is 6.61 Å². The van der Waals surface area contributed by atoms with Gasteiger partial charge in [-0.15, -0.1) is 0 Å². The van der Waals surface area contributed by atoms with Crippen molar-refractivity contribution >= 4 is 45.4 Å². The van der Waals surface area contributed by atoms with E-state index >= 15 is 0 Å². The lowest BCUT2D eigenvalue weighted by atomic mass is 10.1. The predicted molar refractivity (Wildman–Crippen MR) is 130 cm³/mol. The van der Waals surface area contributed by atoms with E-state index in [4.69, 9.17) is 25.5 Å². The average Bonchev–Trinajstić information content (AvgIpc) is 3.20. The van der Waals surface area contributed by atoms with Crippen molar-refractivity contribution in [2.24, 2.45) is 4.99 Å². The highest BCUT2D eigenvalue weighted by Crippen LogP contribution is 2.32. The lowest BCUT2D eigenvalue weighted by molar-refractivity contribution is 0.284. The monoisotopic (exact) mass is 441 g/mol. The fraction of sp³-hybridized carbons (Fsp3) is 0.0741. The Balaban J connectivity index is 1.37. The van der Waals surface area contributed by atoms with Gasteiger partial charge in [0.25, 0.3) is 0 Å². The number of methoxy groups -OCH3 is 1. The zero-order valence-electron chi connectivity index (χ0n) is 17.4. The van der Waals surface area contributed by atoms with Crippen LogP contribution in [-0.2, 0) is 6.61 Å². The molecule has 32 heavy (non-hydrogen) atoms. The molecule has 0 aliphatic heterocycles. The number of benzene rings is 4. The Labute approximate surface area is 190 Å². The first-order valence-electron chi connectivity index (χ1n) is 10.2. The summed E-state index contributed by atoms with van der Waals surface area (Å²) in [5.74, 6) is 1.29. The molecule has 0 amide bonds. The second-order valence-corrected chi connectivity index (χ2v) is 7.73. The molecule has 4 nitrogen and oxygen atoms in total. The molecule has 0 spiro atoms. The van der Waals surface area contributed by atoms with Gasteiger partial charge >= 0.3 is 0 Å². The fourth-order valence-corrected chi connectivity index (χ4v) is 3.79. The quantitative estimate of drug-likeness (QED) is 0.255. The first-order valence-corrected chi connectivity index (χ1v) is 10.6. The number of hydrogen-bond donors (Lipinski definition) is 0. The van der Waals surface area contributed by atoms with E-state index in [0.717, 1.165) is 38.8 Å². The van der Waals surface area contributed by atoms with Gasteiger partial charge in [0.1, 0.15) is 17.8 Å². The Bertz CT molecular complexity index is 1440. The first kappa shape index (κ1) is 20.2. The molecule has 0 aliphatic rings. The molecule has 0 radical (unpaired) electrons. The molecule has 1 heterocycles. The Morgan fingerprint density at radius 3 is 2.53 bits per heavy atom. The number of nitrogens with zero attached hydrogens (tertiary/aromatic N) is 1. The van der Waals surface area contributed by atoms with E-state index in [1.165, 1.54) is 0 Å². The van der Waals surface area contributed by atoms with E-state index in [1.54, 1.807) is 7.11 Å². The van der Waals surface area contributed by atoms with Crippen LogP contribution in [0.3, 0.4) is 0 Å². The molecule has 0 bridgehead atoms. The molecule has 1 aromatic heterocycles. The van der Waals surface area contributed by atoms with Crippen LogP contribution >= 0.6 is 11.6 Å². The van der Waals surface area contributed by atoms with Crippen molar-refractivity contribution < 1.29 is 13.9 Å². The normalized spacial score (nSPS) is 11.4. The van der Waals surface area contributed by atoms with Crippen LogP contribution in [0.5, 0.6) is 11.5 Å². The van der Waals surface area contributed by atoms with Crippen LogP contribution in [0, 0.1) is 0 Å². The molecule has 4 aromatic carbocycles. The summed E-state index contributed by atoms with van der Waals surface area (Å²) in [7, 11) is 1.62. The van der Waals surface area contributed by atoms with Crippen molar-refractivity contribution in [3.63, 3.8) is 0 Å². The summed E-state index contributed by atoms with van der Waals surface area (Å²) in [6.07, 6.45) is 1.81. The number of rotatable bonds is 6. The molecule has 0 N–H and O–H groups in total. The third kappa shape index (κ3) is 4.05. The zero-order valence-corrected chi connectivity index (χ0v) is 18.2. The van der Waals surface area contributed by atoms with E-state index in [1.807, 2.05) is 85.1 Å². The number of aliphatic imine (C=N–C) groups is 1. The number of furan rings is 1. The van der Waals surface area contributed by atoms with Gasteiger partial charge in [-0.05, 0) is 54.1 Å².